The molecule has 1 heterocycles. The average Bonchev–Trinajstić information content (AvgIpc) is 2.34. The minimum atomic E-state index is -0.446. The number of aryl methyl sites for hydroxylation is 1. The summed E-state index contributed by atoms with van der Waals surface area (Å²) in [5.41, 5.74) is 7.56. The van der Waals surface area contributed by atoms with Crippen LogP contribution in [0.2, 0.25) is 0 Å². The van der Waals surface area contributed by atoms with E-state index in [-0.39, 0.29) is 0 Å². The van der Waals surface area contributed by atoms with Gasteiger partial charge in [0, 0.05) is 21.9 Å². The SMILES string of the molecule is Cc1cc(Nc2cccc(C(N)=O)c2)ncc1Br. The lowest BCUT2D eigenvalue weighted by atomic mass is 10.2. The Labute approximate surface area is 113 Å². The Hall–Kier alpha value is -1.88. The average molecular weight is 306 g/mol. The molecule has 2 rings (SSSR count). The second kappa shape index (κ2) is 5.18. The van der Waals surface area contributed by atoms with Crippen molar-refractivity contribution in [3.63, 3.8) is 0 Å². The lowest BCUT2D eigenvalue weighted by molar-refractivity contribution is 0.100. The number of nitrogens with zero attached hydrogens (tertiary/aromatic N) is 1. The quantitative estimate of drug-likeness (QED) is 0.916. The molecule has 0 bridgehead atoms. The highest BCUT2D eigenvalue weighted by Crippen LogP contribution is 2.20. The Bertz CT molecular complexity index is 599. The number of nitrogens with one attached hydrogen (secondary N) is 1. The van der Waals surface area contributed by atoms with Gasteiger partial charge in [0.15, 0.2) is 0 Å². The smallest absolute Gasteiger partial charge is 0.248 e. The summed E-state index contributed by atoms with van der Waals surface area (Å²) in [7, 11) is 0. The Kier molecular flexibility index (Phi) is 3.62. The summed E-state index contributed by atoms with van der Waals surface area (Å²) in [4.78, 5) is 15.3. The molecule has 4 nitrogen and oxygen atoms in total. The zero-order valence-electron chi connectivity index (χ0n) is 9.77. The number of rotatable bonds is 3. The first kappa shape index (κ1) is 12.6. The lowest BCUT2D eigenvalue weighted by Gasteiger charge is -2.08. The summed E-state index contributed by atoms with van der Waals surface area (Å²) in [5, 5.41) is 3.13. The molecule has 1 aromatic heterocycles. The van der Waals surface area contributed by atoms with Crippen LogP contribution >= 0.6 is 15.9 Å². The van der Waals surface area contributed by atoms with Gasteiger partial charge in [-0.15, -0.1) is 0 Å². The van der Waals surface area contributed by atoms with Gasteiger partial charge in [-0.05, 0) is 52.7 Å². The van der Waals surface area contributed by atoms with E-state index < -0.39 is 5.91 Å². The van der Waals surface area contributed by atoms with Crippen molar-refractivity contribution in [2.45, 2.75) is 6.92 Å². The second-order valence-corrected chi connectivity index (χ2v) is 4.74. The molecule has 0 saturated heterocycles. The summed E-state index contributed by atoms with van der Waals surface area (Å²) in [6.07, 6.45) is 1.73. The molecule has 0 aliphatic carbocycles. The maximum atomic E-state index is 11.1. The molecular formula is C13H12BrN3O. The Morgan fingerprint density at radius 2 is 2.17 bits per heavy atom. The molecule has 5 heteroatoms. The first-order chi connectivity index (χ1) is 8.56. The molecule has 0 aliphatic rings. The molecule has 0 radical (unpaired) electrons. The second-order valence-electron chi connectivity index (χ2n) is 3.89. The molecule has 0 fully saturated rings. The minimum Gasteiger partial charge on any atom is -0.366 e. The Balaban J connectivity index is 2.25. The summed E-state index contributed by atoms with van der Waals surface area (Å²) < 4.78 is 0.957. The Morgan fingerprint density at radius 3 is 2.83 bits per heavy atom. The first-order valence-corrected chi connectivity index (χ1v) is 6.14. The van der Waals surface area contributed by atoms with Gasteiger partial charge >= 0.3 is 0 Å². The van der Waals surface area contributed by atoms with Gasteiger partial charge in [0.1, 0.15) is 5.82 Å². The highest BCUT2D eigenvalue weighted by molar-refractivity contribution is 9.10. The number of aromatic nitrogens is 1. The maximum absolute atomic E-state index is 11.1. The van der Waals surface area contributed by atoms with E-state index in [1.165, 1.54) is 0 Å². The predicted octanol–water partition coefficient (Wildman–Crippen LogP) is 3.00. The van der Waals surface area contributed by atoms with Gasteiger partial charge in [-0.2, -0.15) is 0 Å². The molecule has 92 valence electrons. The molecule has 3 N–H and O–H groups in total. The molecule has 0 unspecified atom stereocenters. The number of anilines is 2. The normalized spacial score (nSPS) is 10.1. The van der Waals surface area contributed by atoms with Crippen molar-refractivity contribution in [1.82, 2.24) is 4.98 Å². The molecule has 0 atom stereocenters. The molecule has 2 aromatic rings. The molecule has 0 spiro atoms. The van der Waals surface area contributed by atoms with E-state index in [0.29, 0.717) is 5.56 Å². The zero-order chi connectivity index (χ0) is 13.1. The van der Waals surface area contributed by atoms with Crippen molar-refractivity contribution in [3.05, 3.63) is 52.1 Å². The molecule has 18 heavy (non-hydrogen) atoms. The number of hydrogen-bond donors (Lipinski definition) is 2. The number of carbonyl (C=O) groups is 1. The van der Waals surface area contributed by atoms with Crippen molar-refractivity contribution in [3.8, 4) is 0 Å². The van der Waals surface area contributed by atoms with Crippen LogP contribution in [-0.4, -0.2) is 10.9 Å². The van der Waals surface area contributed by atoms with E-state index in [4.69, 9.17) is 5.73 Å². The van der Waals surface area contributed by atoms with Gasteiger partial charge in [0.05, 0.1) is 0 Å². The molecule has 0 aliphatic heterocycles. The standard InChI is InChI=1S/C13H12BrN3O/c1-8-5-12(16-7-11(8)14)17-10-4-2-3-9(6-10)13(15)18/h2-7H,1H3,(H2,15,18)(H,16,17). The third kappa shape index (κ3) is 2.87. The van der Waals surface area contributed by atoms with E-state index in [0.717, 1.165) is 21.5 Å². The van der Waals surface area contributed by atoms with E-state index in [9.17, 15) is 4.79 Å². The summed E-state index contributed by atoms with van der Waals surface area (Å²) in [5.74, 6) is 0.274. The number of benzene rings is 1. The first-order valence-electron chi connectivity index (χ1n) is 5.35. The molecule has 1 aromatic carbocycles. The third-order valence-corrected chi connectivity index (χ3v) is 3.30. The number of halogens is 1. The lowest BCUT2D eigenvalue weighted by Crippen LogP contribution is -2.10. The third-order valence-electron chi connectivity index (χ3n) is 2.47. The number of carbonyl (C=O) groups excluding carboxylic acids is 1. The van der Waals surface area contributed by atoms with Crippen molar-refractivity contribution in [2.75, 3.05) is 5.32 Å². The van der Waals surface area contributed by atoms with Crippen LogP contribution in [0.4, 0.5) is 11.5 Å². The topological polar surface area (TPSA) is 68.0 Å². The van der Waals surface area contributed by atoms with Gasteiger partial charge < -0.3 is 11.1 Å². The van der Waals surface area contributed by atoms with Crippen molar-refractivity contribution in [2.24, 2.45) is 5.73 Å². The molecule has 0 saturated carbocycles. The van der Waals surface area contributed by atoms with Gasteiger partial charge in [0.25, 0.3) is 0 Å². The van der Waals surface area contributed by atoms with E-state index in [1.54, 1.807) is 24.4 Å². The van der Waals surface area contributed by atoms with Gasteiger partial charge in [-0.1, -0.05) is 6.07 Å². The zero-order valence-corrected chi connectivity index (χ0v) is 11.4. The van der Waals surface area contributed by atoms with Crippen LogP contribution in [0.5, 0.6) is 0 Å². The number of primary amides is 1. The largest absolute Gasteiger partial charge is 0.366 e. The monoisotopic (exact) mass is 305 g/mol. The fraction of sp³-hybridized carbons (Fsp3) is 0.0769. The van der Waals surface area contributed by atoms with Crippen molar-refractivity contribution < 1.29 is 4.79 Å². The number of nitrogens with two attached hydrogens (primary N) is 1. The van der Waals surface area contributed by atoms with Crippen molar-refractivity contribution >= 4 is 33.3 Å². The number of amides is 1. The van der Waals surface area contributed by atoms with Gasteiger partial charge in [0.2, 0.25) is 5.91 Å². The predicted molar refractivity (Wildman–Crippen MR) is 74.9 cm³/mol. The van der Waals surface area contributed by atoms with Crippen LogP contribution in [0.3, 0.4) is 0 Å². The van der Waals surface area contributed by atoms with Crippen molar-refractivity contribution in [1.29, 1.82) is 0 Å². The van der Waals surface area contributed by atoms with Crippen LogP contribution in [0, 0.1) is 6.92 Å². The van der Waals surface area contributed by atoms with Crippen LogP contribution in [0.25, 0.3) is 0 Å². The van der Waals surface area contributed by atoms with Crippen LogP contribution in [0.15, 0.2) is 41.0 Å². The summed E-state index contributed by atoms with van der Waals surface area (Å²) >= 11 is 3.39. The number of hydrogen-bond acceptors (Lipinski definition) is 3. The highest BCUT2D eigenvalue weighted by Gasteiger charge is 2.03. The van der Waals surface area contributed by atoms with Crippen LogP contribution < -0.4 is 11.1 Å². The Morgan fingerprint density at radius 1 is 1.39 bits per heavy atom. The number of pyridine rings is 1. The van der Waals surface area contributed by atoms with Crippen LogP contribution in [0.1, 0.15) is 15.9 Å². The van der Waals surface area contributed by atoms with Crippen LogP contribution in [-0.2, 0) is 0 Å². The molecule has 1 amide bonds. The maximum Gasteiger partial charge on any atom is 0.248 e. The van der Waals surface area contributed by atoms with E-state index in [1.807, 2.05) is 19.1 Å². The fourth-order valence-corrected chi connectivity index (χ4v) is 1.72. The minimum absolute atomic E-state index is 0.446. The van der Waals surface area contributed by atoms with E-state index in [2.05, 4.69) is 26.2 Å². The summed E-state index contributed by atoms with van der Waals surface area (Å²) in [6, 6.07) is 8.91. The molecular weight excluding hydrogens is 294 g/mol. The van der Waals surface area contributed by atoms with Gasteiger partial charge in [-0.3, -0.25) is 4.79 Å². The summed E-state index contributed by atoms with van der Waals surface area (Å²) in [6.45, 7) is 1.98. The van der Waals surface area contributed by atoms with Gasteiger partial charge in [-0.25, -0.2) is 4.98 Å². The fourth-order valence-electron chi connectivity index (χ4n) is 1.51. The van der Waals surface area contributed by atoms with E-state index >= 15 is 0 Å². The highest BCUT2D eigenvalue weighted by atomic mass is 79.9.